The zero-order valence-electron chi connectivity index (χ0n) is 8.44. The summed E-state index contributed by atoms with van der Waals surface area (Å²) in [4.78, 5) is 0. The molecule has 0 bridgehead atoms. The first kappa shape index (κ1) is 12.1. The lowest BCUT2D eigenvalue weighted by atomic mass is 10.2. The van der Waals surface area contributed by atoms with E-state index in [-0.39, 0.29) is 8.46 Å². The summed E-state index contributed by atoms with van der Waals surface area (Å²) in [6.45, 7) is 4.36. The summed E-state index contributed by atoms with van der Waals surface area (Å²) in [5, 5.41) is 0. The molecule has 1 atom stereocenters. The van der Waals surface area contributed by atoms with E-state index in [4.69, 9.17) is 0 Å². The molecule has 1 saturated carbocycles. The standard InChI is InChI=1S/C6H12.C4H9OP/c1-2-3-6-4-5-6;1-2-3-4-6-5/h6H,2-5H2,1H3;2-4H2,1H3/p+1. The molecule has 1 unspecified atom stereocenters. The largest absolute Gasteiger partial charge is 0.324 e. The van der Waals surface area contributed by atoms with Crippen molar-refractivity contribution in [2.24, 2.45) is 5.92 Å². The van der Waals surface area contributed by atoms with E-state index in [9.17, 15) is 4.57 Å². The van der Waals surface area contributed by atoms with E-state index in [0.717, 1.165) is 24.9 Å². The van der Waals surface area contributed by atoms with Crippen LogP contribution < -0.4 is 0 Å². The Labute approximate surface area is 78.1 Å². The second kappa shape index (κ2) is 9.19. The van der Waals surface area contributed by atoms with E-state index in [0.29, 0.717) is 0 Å². The quantitative estimate of drug-likeness (QED) is 0.471. The number of unbranched alkanes of at least 4 members (excludes halogenated alkanes) is 1. The zero-order chi connectivity index (χ0) is 9.23. The lowest BCUT2D eigenvalue weighted by molar-refractivity contribution is 0.597. The van der Waals surface area contributed by atoms with Gasteiger partial charge in [-0.15, -0.1) is 0 Å². The van der Waals surface area contributed by atoms with Crippen LogP contribution in [-0.4, -0.2) is 6.16 Å². The lowest BCUT2D eigenvalue weighted by Gasteiger charge is -1.82. The number of rotatable bonds is 5. The molecule has 0 aromatic rings. The topological polar surface area (TPSA) is 17.1 Å². The minimum absolute atomic E-state index is 0.0854. The lowest BCUT2D eigenvalue weighted by Crippen LogP contribution is -1.68. The van der Waals surface area contributed by atoms with Crippen molar-refractivity contribution in [3.05, 3.63) is 0 Å². The third kappa shape index (κ3) is 10.1. The van der Waals surface area contributed by atoms with Crippen molar-refractivity contribution >= 4 is 8.46 Å². The first-order valence-corrected chi connectivity index (χ1v) is 6.31. The second-order valence-corrected chi connectivity index (χ2v) is 4.27. The van der Waals surface area contributed by atoms with Crippen molar-refractivity contribution in [3.8, 4) is 0 Å². The maximum atomic E-state index is 9.72. The minimum Gasteiger partial charge on any atom is -0.0775 e. The average molecular weight is 189 g/mol. The Bertz CT molecular complexity index is 100. The fourth-order valence-electron chi connectivity index (χ4n) is 1.06. The van der Waals surface area contributed by atoms with Gasteiger partial charge in [0.25, 0.3) is 0 Å². The van der Waals surface area contributed by atoms with Gasteiger partial charge >= 0.3 is 8.46 Å². The molecule has 0 saturated heterocycles. The maximum Gasteiger partial charge on any atom is 0.324 e. The molecule has 1 aliphatic carbocycles. The van der Waals surface area contributed by atoms with Gasteiger partial charge in [0.05, 0.1) is 0 Å². The molecule has 1 nitrogen and oxygen atoms in total. The van der Waals surface area contributed by atoms with Crippen LogP contribution in [0.2, 0.25) is 0 Å². The highest BCUT2D eigenvalue weighted by Crippen LogP contribution is 2.32. The SMILES string of the molecule is CCCC1CC1.CCCC[PH+]=O. The first-order chi connectivity index (χ1) is 5.85. The van der Waals surface area contributed by atoms with Crippen molar-refractivity contribution in [2.45, 2.75) is 52.4 Å². The molecule has 0 radical (unpaired) electrons. The van der Waals surface area contributed by atoms with Crippen LogP contribution >= 0.6 is 8.46 Å². The Morgan fingerprint density at radius 2 is 1.92 bits per heavy atom. The zero-order valence-corrected chi connectivity index (χ0v) is 9.44. The van der Waals surface area contributed by atoms with Crippen LogP contribution in [0.4, 0.5) is 0 Å². The van der Waals surface area contributed by atoms with Gasteiger partial charge in [-0.1, -0.05) is 50.5 Å². The number of hydrogen-bond acceptors (Lipinski definition) is 1. The smallest absolute Gasteiger partial charge is 0.0775 e. The first-order valence-electron chi connectivity index (χ1n) is 5.20. The molecule has 1 aliphatic rings. The van der Waals surface area contributed by atoms with E-state index in [1.165, 1.54) is 25.7 Å². The van der Waals surface area contributed by atoms with Gasteiger partial charge in [0.2, 0.25) is 0 Å². The molecule has 0 aromatic heterocycles. The van der Waals surface area contributed by atoms with Crippen molar-refractivity contribution in [1.29, 1.82) is 0 Å². The monoisotopic (exact) mass is 189 g/mol. The molecule has 0 spiro atoms. The van der Waals surface area contributed by atoms with Crippen LogP contribution in [0.1, 0.15) is 52.4 Å². The molecule has 0 N–H and O–H groups in total. The predicted octanol–water partition coefficient (Wildman–Crippen LogP) is 4.01. The molecule has 0 aliphatic heterocycles. The molecule has 72 valence electrons. The highest BCUT2D eigenvalue weighted by molar-refractivity contribution is 7.23. The van der Waals surface area contributed by atoms with E-state index in [2.05, 4.69) is 13.8 Å². The van der Waals surface area contributed by atoms with Crippen molar-refractivity contribution in [3.63, 3.8) is 0 Å². The molecule has 1 rings (SSSR count). The summed E-state index contributed by atoms with van der Waals surface area (Å²) < 4.78 is 9.72. The van der Waals surface area contributed by atoms with Crippen LogP contribution in [0.15, 0.2) is 0 Å². The Morgan fingerprint density at radius 3 is 2.08 bits per heavy atom. The molecule has 0 aromatic carbocycles. The van der Waals surface area contributed by atoms with Gasteiger partial charge < -0.3 is 0 Å². The Morgan fingerprint density at radius 1 is 1.25 bits per heavy atom. The van der Waals surface area contributed by atoms with Gasteiger partial charge in [0, 0.05) is 0 Å². The third-order valence-corrected chi connectivity index (χ3v) is 2.58. The Kier molecular flexibility index (Phi) is 9.27. The van der Waals surface area contributed by atoms with Crippen LogP contribution in [0, 0.1) is 5.92 Å². The highest BCUT2D eigenvalue weighted by atomic mass is 31.1. The molecule has 0 heterocycles. The third-order valence-electron chi connectivity index (χ3n) is 2.03. The van der Waals surface area contributed by atoms with E-state index >= 15 is 0 Å². The van der Waals surface area contributed by atoms with E-state index in [1.807, 2.05) is 0 Å². The van der Waals surface area contributed by atoms with Crippen molar-refractivity contribution in [2.75, 3.05) is 6.16 Å². The molecule has 1 fully saturated rings. The van der Waals surface area contributed by atoms with Crippen LogP contribution in [0.5, 0.6) is 0 Å². The Balaban J connectivity index is 0.000000202. The maximum absolute atomic E-state index is 9.72. The van der Waals surface area contributed by atoms with Crippen LogP contribution in [0.25, 0.3) is 0 Å². The minimum atomic E-state index is -0.0854. The van der Waals surface area contributed by atoms with Gasteiger partial charge in [-0.3, -0.25) is 0 Å². The predicted molar refractivity (Wildman–Crippen MR) is 56.4 cm³/mol. The van der Waals surface area contributed by atoms with E-state index < -0.39 is 0 Å². The van der Waals surface area contributed by atoms with Crippen molar-refractivity contribution < 1.29 is 4.57 Å². The fraction of sp³-hybridized carbons (Fsp3) is 1.00. The van der Waals surface area contributed by atoms with Gasteiger partial charge in [0.1, 0.15) is 6.16 Å². The summed E-state index contributed by atoms with van der Waals surface area (Å²) in [6, 6.07) is 0. The summed E-state index contributed by atoms with van der Waals surface area (Å²) >= 11 is 0. The van der Waals surface area contributed by atoms with Gasteiger partial charge in [-0.05, 0) is 12.3 Å². The van der Waals surface area contributed by atoms with Crippen molar-refractivity contribution in [1.82, 2.24) is 0 Å². The fourth-order valence-corrected chi connectivity index (χ4v) is 1.56. The van der Waals surface area contributed by atoms with Crippen LogP contribution in [-0.2, 0) is 4.57 Å². The normalized spacial score (nSPS) is 15.5. The van der Waals surface area contributed by atoms with Gasteiger partial charge in [0.15, 0.2) is 0 Å². The van der Waals surface area contributed by atoms with Gasteiger partial charge in [-0.2, -0.15) is 0 Å². The summed E-state index contributed by atoms with van der Waals surface area (Å²) in [7, 11) is -0.0854. The molecular weight excluding hydrogens is 167 g/mol. The summed E-state index contributed by atoms with van der Waals surface area (Å²) in [5.74, 6) is 1.15. The van der Waals surface area contributed by atoms with Gasteiger partial charge in [-0.25, -0.2) is 0 Å². The summed E-state index contributed by atoms with van der Waals surface area (Å²) in [6.07, 6.45) is 9.08. The molecule has 2 heteroatoms. The molecule has 12 heavy (non-hydrogen) atoms. The second-order valence-electron chi connectivity index (χ2n) is 3.48. The Hall–Kier alpha value is 0.100. The summed E-state index contributed by atoms with van der Waals surface area (Å²) in [5.41, 5.74) is 0. The average Bonchev–Trinajstić information content (AvgIpc) is 2.86. The van der Waals surface area contributed by atoms with Crippen LogP contribution in [0.3, 0.4) is 0 Å². The number of hydrogen-bond donors (Lipinski definition) is 0. The van der Waals surface area contributed by atoms with E-state index in [1.54, 1.807) is 0 Å². The molecular formula is C10H22OP+. The molecule has 0 amide bonds. The highest BCUT2D eigenvalue weighted by Gasteiger charge is 2.18.